The Labute approximate surface area is 111 Å². The van der Waals surface area contributed by atoms with Crippen LogP contribution in [0.3, 0.4) is 0 Å². The number of pyridine rings is 1. The third kappa shape index (κ3) is 2.92. The second-order valence-corrected chi connectivity index (χ2v) is 6.37. The van der Waals surface area contributed by atoms with Crippen molar-refractivity contribution in [3.63, 3.8) is 0 Å². The van der Waals surface area contributed by atoms with E-state index >= 15 is 0 Å². The van der Waals surface area contributed by atoms with Crippen molar-refractivity contribution in [2.45, 2.75) is 58.9 Å². The normalized spacial score (nSPS) is 24.1. The van der Waals surface area contributed by atoms with Gasteiger partial charge in [0.25, 0.3) is 0 Å². The highest BCUT2D eigenvalue weighted by Crippen LogP contribution is 2.44. The van der Waals surface area contributed by atoms with E-state index in [1.54, 1.807) is 0 Å². The molecule has 0 saturated heterocycles. The van der Waals surface area contributed by atoms with Crippen molar-refractivity contribution >= 4 is 0 Å². The van der Waals surface area contributed by atoms with E-state index < -0.39 is 0 Å². The first kappa shape index (κ1) is 13.5. The summed E-state index contributed by atoms with van der Waals surface area (Å²) in [5, 5.41) is 0. The van der Waals surface area contributed by atoms with E-state index in [4.69, 9.17) is 5.73 Å². The molecule has 0 aromatic carbocycles. The maximum absolute atomic E-state index is 6.42. The minimum Gasteiger partial charge on any atom is -0.327 e. The first-order valence-corrected chi connectivity index (χ1v) is 7.22. The highest BCUT2D eigenvalue weighted by atomic mass is 14.7. The molecule has 1 aliphatic carbocycles. The Morgan fingerprint density at radius 2 is 2.22 bits per heavy atom. The Morgan fingerprint density at radius 3 is 2.72 bits per heavy atom. The molecule has 2 atom stereocenters. The van der Waals surface area contributed by atoms with Crippen molar-refractivity contribution in [1.29, 1.82) is 0 Å². The van der Waals surface area contributed by atoms with Crippen molar-refractivity contribution in [2.24, 2.45) is 17.1 Å². The van der Waals surface area contributed by atoms with Crippen LogP contribution in [0, 0.1) is 11.3 Å². The highest BCUT2D eigenvalue weighted by molar-refractivity contribution is 5.15. The molecule has 1 aromatic rings. The predicted octanol–water partition coefficient (Wildman–Crippen LogP) is 3.34. The van der Waals surface area contributed by atoms with E-state index in [0.717, 1.165) is 18.5 Å². The highest BCUT2D eigenvalue weighted by Gasteiger charge is 2.38. The Balaban J connectivity index is 2.00. The Kier molecular flexibility index (Phi) is 4.06. The van der Waals surface area contributed by atoms with Crippen LogP contribution in [0.5, 0.6) is 0 Å². The van der Waals surface area contributed by atoms with E-state index in [2.05, 4.69) is 37.9 Å². The molecule has 2 rings (SSSR count). The van der Waals surface area contributed by atoms with Gasteiger partial charge in [0.15, 0.2) is 0 Å². The Morgan fingerprint density at radius 1 is 1.44 bits per heavy atom. The van der Waals surface area contributed by atoms with Crippen molar-refractivity contribution in [1.82, 2.24) is 4.98 Å². The molecule has 0 bridgehead atoms. The van der Waals surface area contributed by atoms with Crippen LogP contribution in [0.25, 0.3) is 0 Å². The van der Waals surface area contributed by atoms with Crippen LogP contribution in [0.15, 0.2) is 18.3 Å². The van der Waals surface area contributed by atoms with Crippen LogP contribution < -0.4 is 5.73 Å². The molecule has 2 heteroatoms. The second kappa shape index (κ2) is 5.40. The zero-order valence-corrected chi connectivity index (χ0v) is 11.9. The van der Waals surface area contributed by atoms with Crippen molar-refractivity contribution in [3.05, 3.63) is 29.6 Å². The molecule has 0 amide bonds. The van der Waals surface area contributed by atoms with Crippen LogP contribution in [0.2, 0.25) is 0 Å². The molecule has 1 saturated carbocycles. The molecule has 2 nitrogen and oxygen atoms in total. The molecule has 18 heavy (non-hydrogen) atoms. The van der Waals surface area contributed by atoms with E-state index in [1.807, 2.05) is 6.20 Å². The van der Waals surface area contributed by atoms with E-state index in [1.165, 1.54) is 24.8 Å². The number of rotatable bonds is 4. The minimum absolute atomic E-state index is 0.252. The summed E-state index contributed by atoms with van der Waals surface area (Å²) in [6.45, 7) is 6.87. The summed E-state index contributed by atoms with van der Waals surface area (Å²) >= 11 is 0. The summed E-state index contributed by atoms with van der Waals surface area (Å²) in [5.41, 5.74) is 9.26. The first-order chi connectivity index (χ1) is 8.53. The van der Waals surface area contributed by atoms with Crippen LogP contribution in [-0.2, 0) is 12.8 Å². The molecular formula is C16H26N2. The number of aryl methyl sites for hydroxylation is 1. The van der Waals surface area contributed by atoms with Gasteiger partial charge in [-0.25, -0.2) is 0 Å². The lowest BCUT2D eigenvalue weighted by molar-refractivity contribution is 0.219. The molecule has 1 aromatic heterocycles. The average molecular weight is 246 g/mol. The summed E-state index contributed by atoms with van der Waals surface area (Å²) in [7, 11) is 0. The van der Waals surface area contributed by atoms with Crippen molar-refractivity contribution in [2.75, 3.05) is 0 Å². The van der Waals surface area contributed by atoms with E-state index in [-0.39, 0.29) is 6.04 Å². The van der Waals surface area contributed by atoms with Gasteiger partial charge in [-0.15, -0.1) is 0 Å². The quantitative estimate of drug-likeness (QED) is 0.885. The molecule has 1 heterocycles. The fourth-order valence-electron chi connectivity index (χ4n) is 3.32. The zero-order valence-electron chi connectivity index (χ0n) is 11.9. The van der Waals surface area contributed by atoms with Gasteiger partial charge in [0.2, 0.25) is 0 Å². The largest absolute Gasteiger partial charge is 0.327 e. The van der Waals surface area contributed by atoms with Crippen LogP contribution in [-0.4, -0.2) is 11.0 Å². The van der Waals surface area contributed by atoms with Crippen molar-refractivity contribution < 1.29 is 0 Å². The lowest BCUT2D eigenvalue weighted by Crippen LogP contribution is -2.38. The predicted molar refractivity (Wildman–Crippen MR) is 76.4 cm³/mol. The fraction of sp³-hybridized carbons (Fsp3) is 0.688. The number of nitrogens with two attached hydrogens (primary N) is 1. The van der Waals surface area contributed by atoms with Gasteiger partial charge in [-0.2, -0.15) is 0 Å². The first-order valence-electron chi connectivity index (χ1n) is 7.22. The Hall–Kier alpha value is -0.890. The lowest BCUT2D eigenvalue weighted by Gasteiger charge is -2.31. The van der Waals surface area contributed by atoms with E-state index in [0.29, 0.717) is 11.3 Å². The monoisotopic (exact) mass is 246 g/mol. The molecular weight excluding hydrogens is 220 g/mol. The molecule has 1 fully saturated rings. The summed E-state index contributed by atoms with van der Waals surface area (Å²) in [4.78, 5) is 4.53. The van der Waals surface area contributed by atoms with Gasteiger partial charge in [0, 0.05) is 24.4 Å². The lowest BCUT2D eigenvalue weighted by atomic mass is 9.76. The number of nitrogens with zero attached hydrogens (tertiary/aromatic N) is 1. The molecule has 0 radical (unpaired) electrons. The zero-order chi connectivity index (χ0) is 13.2. The van der Waals surface area contributed by atoms with Gasteiger partial charge >= 0.3 is 0 Å². The summed E-state index contributed by atoms with van der Waals surface area (Å²) in [6, 6.07) is 4.57. The topological polar surface area (TPSA) is 38.9 Å². The number of aromatic nitrogens is 1. The molecule has 100 valence electrons. The Bertz CT molecular complexity index is 381. The SMILES string of the molecule is CCc1ccc(CC(N)C2CCCC2(C)C)nc1. The molecule has 0 aliphatic heterocycles. The summed E-state index contributed by atoms with van der Waals surface area (Å²) < 4.78 is 0. The molecule has 2 unspecified atom stereocenters. The number of hydrogen-bond acceptors (Lipinski definition) is 2. The maximum Gasteiger partial charge on any atom is 0.0419 e. The van der Waals surface area contributed by atoms with Crippen molar-refractivity contribution in [3.8, 4) is 0 Å². The fourth-order valence-corrected chi connectivity index (χ4v) is 3.32. The van der Waals surface area contributed by atoms with Crippen LogP contribution >= 0.6 is 0 Å². The summed E-state index contributed by atoms with van der Waals surface area (Å²) in [6.07, 6.45) is 7.87. The van der Waals surface area contributed by atoms with Gasteiger partial charge in [0.1, 0.15) is 0 Å². The third-order valence-corrected chi connectivity index (χ3v) is 4.60. The smallest absolute Gasteiger partial charge is 0.0419 e. The van der Waals surface area contributed by atoms with Gasteiger partial charge in [-0.3, -0.25) is 4.98 Å². The molecule has 2 N–H and O–H groups in total. The van der Waals surface area contributed by atoms with Gasteiger partial charge < -0.3 is 5.73 Å². The molecule has 1 aliphatic rings. The van der Waals surface area contributed by atoms with Crippen LogP contribution in [0.4, 0.5) is 0 Å². The molecule has 0 spiro atoms. The maximum atomic E-state index is 6.42. The minimum atomic E-state index is 0.252. The van der Waals surface area contributed by atoms with Crippen LogP contribution in [0.1, 0.15) is 51.3 Å². The van der Waals surface area contributed by atoms with E-state index in [9.17, 15) is 0 Å². The third-order valence-electron chi connectivity index (χ3n) is 4.60. The summed E-state index contributed by atoms with van der Waals surface area (Å²) in [5.74, 6) is 0.644. The van der Waals surface area contributed by atoms with Gasteiger partial charge in [-0.05, 0) is 42.2 Å². The van der Waals surface area contributed by atoms with Gasteiger partial charge in [-0.1, -0.05) is 33.3 Å². The van der Waals surface area contributed by atoms with Gasteiger partial charge in [0.05, 0.1) is 0 Å². The number of hydrogen-bond donors (Lipinski definition) is 1. The average Bonchev–Trinajstić information content (AvgIpc) is 2.70. The second-order valence-electron chi connectivity index (χ2n) is 6.37. The standard InChI is InChI=1S/C16H26N2/c1-4-12-7-8-13(18-11-12)10-15(17)14-6-5-9-16(14,2)3/h7-8,11,14-15H,4-6,9-10,17H2,1-3H3.